The summed E-state index contributed by atoms with van der Waals surface area (Å²) in [5.74, 6) is -0.207. The molecular weight excluding hydrogens is 390 g/mol. The lowest BCUT2D eigenvalue weighted by atomic mass is 9.97. The van der Waals surface area contributed by atoms with Crippen LogP contribution in [0.2, 0.25) is 0 Å². The molecule has 1 saturated heterocycles. The minimum absolute atomic E-state index is 0.0928. The van der Waals surface area contributed by atoms with Crippen molar-refractivity contribution in [1.29, 1.82) is 0 Å². The summed E-state index contributed by atoms with van der Waals surface area (Å²) < 4.78 is 27.1. The smallest absolute Gasteiger partial charge is 0.222 e. The molecule has 0 spiro atoms. The van der Waals surface area contributed by atoms with Gasteiger partial charge in [0.1, 0.15) is 17.5 Å². The Hall–Kier alpha value is -3.23. The number of hydrogen-bond donors (Lipinski definition) is 3. The number of pyridine rings is 1. The molecular formula is C21H26F2N6O. The van der Waals surface area contributed by atoms with Crippen LogP contribution in [0.5, 0.6) is 0 Å². The second-order valence-electron chi connectivity index (χ2n) is 7.19. The van der Waals surface area contributed by atoms with Crippen LogP contribution in [0.25, 0.3) is 0 Å². The Labute approximate surface area is 174 Å². The van der Waals surface area contributed by atoms with Gasteiger partial charge in [-0.25, -0.2) is 13.8 Å². The van der Waals surface area contributed by atoms with Crippen LogP contribution >= 0.6 is 0 Å². The van der Waals surface area contributed by atoms with E-state index >= 15 is 0 Å². The quantitative estimate of drug-likeness (QED) is 0.494. The van der Waals surface area contributed by atoms with E-state index in [1.54, 1.807) is 13.2 Å². The summed E-state index contributed by atoms with van der Waals surface area (Å²) in [5.41, 5.74) is 6.64. The third-order valence-corrected chi connectivity index (χ3v) is 5.11. The first-order valence-electron chi connectivity index (χ1n) is 9.84. The molecule has 3 rings (SSSR count). The lowest BCUT2D eigenvalue weighted by Gasteiger charge is -2.33. The summed E-state index contributed by atoms with van der Waals surface area (Å²) in [5, 5.41) is 6.15. The first kappa shape index (κ1) is 21.5. The van der Waals surface area contributed by atoms with Crippen LogP contribution in [-0.4, -0.2) is 37.0 Å². The highest BCUT2D eigenvalue weighted by molar-refractivity contribution is 5.80. The lowest BCUT2D eigenvalue weighted by Crippen LogP contribution is -2.42. The van der Waals surface area contributed by atoms with Gasteiger partial charge in [0.15, 0.2) is 5.96 Å². The molecule has 0 radical (unpaired) electrons. The fourth-order valence-corrected chi connectivity index (χ4v) is 3.51. The number of rotatable bonds is 6. The van der Waals surface area contributed by atoms with Crippen LogP contribution in [0.1, 0.15) is 24.0 Å². The zero-order valence-corrected chi connectivity index (χ0v) is 16.9. The van der Waals surface area contributed by atoms with Gasteiger partial charge >= 0.3 is 0 Å². The molecule has 0 aliphatic carbocycles. The number of carbonyl (C=O) groups is 1. The van der Waals surface area contributed by atoms with Gasteiger partial charge in [0.25, 0.3) is 0 Å². The van der Waals surface area contributed by atoms with E-state index in [1.165, 1.54) is 0 Å². The van der Waals surface area contributed by atoms with Crippen LogP contribution in [0.15, 0.2) is 41.5 Å². The number of aliphatic imine (C=N–C) groups is 1. The Morgan fingerprint density at radius 1 is 1.27 bits per heavy atom. The number of carbonyl (C=O) groups excluding carboxylic acids is 1. The van der Waals surface area contributed by atoms with Crippen molar-refractivity contribution in [3.63, 3.8) is 0 Å². The molecule has 1 aliphatic rings. The van der Waals surface area contributed by atoms with E-state index in [9.17, 15) is 13.6 Å². The monoisotopic (exact) mass is 416 g/mol. The molecule has 0 bridgehead atoms. The van der Waals surface area contributed by atoms with E-state index in [0.717, 1.165) is 49.0 Å². The van der Waals surface area contributed by atoms with Crippen molar-refractivity contribution in [2.45, 2.75) is 25.9 Å². The molecule has 1 aromatic heterocycles. The van der Waals surface area contributed by atoms with Crippen molar-refractivity contribution in [3.05, 3.63) is 59.3 Å². The van der Waals surface area contributed by atoms with Crippen LogP contribution in [0, 0.1) is 17.6 Å². The number of nitrogens with two attached hydrogens (primary N) is 1. The van der Waals surface area contributed by atoms with Gasteiger partial charge in [-0.2, -0.15) is 0 Å². The van der Waals surface area contributed by atoms with Crippen LogP contribution < -0.4 is 21.3 Å². The van der Waals surface area contributed by atoms with Gasteiger partial charge in [0, 0.05) is 50.6 Å². The number of benzene rings is 1. The number of amides is 1. The maximum Gasteiger partial charge on any atom is 0.222 e. The molecule has 1 aliphatic heterocycles. The molecule has 1 fully saturated rings. The fourth-order valence-electron chi connectivity index (χ4n) is 3.51. The third-order valence-electron chi connectivity index (χ3n) is 5.11. The minimum atomic E-state index is -0.494. The number of nitrogens with zero attached hydrogens (tertiary/aromatic N) is 3. The standard InChI is InChI=1S/C21H26F2N6O/c1-25-21(28-12-16-10-17(22)6-7-18(16)23)27-11-14-4-2-8-26-20(14)29-9-3-5-15(13-29)19(24)30/h2,4,6-8,10,15H,3,5,9,11-13H2,1H3,(H2,24,30)(H2,25,27,28). The summed E-state index contributed by atoms with van der Waals surface area (Å²) >= 11 is 0. The highest BCUT2D eigenvalue weighted by atomic mass is 19.1. The molecule has 2 aromatic rings. The Balaban J connectivity index is 1.63. The summed E-state index contributed by atoms with van der Waals surface area (Å²) in [6.07, 6.45) is 3.38. The molecule has 2 heterocycles. The summed E-state index contributed by atoms with van der Waals surface area (Å²) in [6, 6.07) is 7.12. The van der Waals surface area contributed by atoms with Crippen LogP contribution in [0.3, 0.4) is 0 Å². The molecule has 4 N–H and O–H groups in total. The first-order chi connectivity index (χ1) is 14.5. The maximum atomic E-state index is 13.8. The van der Waals surface area contributed by atoms with Crippen molar-refractivity contribution in [1.82, 2.24) is 15.6 Å². The van der Waals surface area contributed by atoms with Gasteiger partial charge < -0.3 is 21.3 Å². The van der Waals surface area contributed by atoms with Gasteiger partial charge in [-0.05, 0) is 37.1 Å². The van der Waals surface area contributed by atoms with Gasteiger partial charge in [0.2, 0.25) is 5.91 Å². The predicted octanol–water partition coefficient (Wildman–Crippen LogP) is 1.93. The van der Waals surface area contributed by atoms with Gasteiger partial charge in [-0.3, -0.25) is 9.79 Å². The average Bonchev–Trinajstić information content (AvgIpc) is 2.76. The zero-order chi connectivity index (χ0) is 21.5. The second kappa shape index (κ2) is 10.00. The van der Waals surface area contributed by atoms with Crippen LogP contribution in [-0.2, 0) is 17.9 Å². The van der Waals surface area contributed by atoms with Crippen LogP contribution in [0.4, 0.5) is 14.6 Å². The molecule has 1 unspecified atom stereocenters. The Bertz CT molecular complexity index is 920. The molecule has 1 atom stereocenters. The second-order valence-corrected chi connectivity index (χ2v) is 7.19. The van der Waals surface area contributed by atoms with E-state index < -0.39 is 11.6 Å². The van der Waals surface area contributed by atoms with E-state index in [0.29, 0.717) is 19.0 Å². The molecule has 1 aromatic carbocycles. The molecule has 160 valence electrons. The van der Waals surface area contributed by atoms with Gasteiger partial charge in [-0.15, -0.1) is 0 Å². The predicted molar refractivity (Wildman–Crippen MR) is 112 cm³/mol. The zero-order valence-electron chi connectivity index (χ0n) is 16.9. The molecule has 9 heteroatoms. The number of primary amides is 1. The first-order valence-corrected chi connectivity index (χ1v) is 9.84. The van der Waals surface area contributed by atoms with Crippen molar-refractivity contribution in [3.8, 4) is 0 Å². The average molecular weight is 416 g/mol. The number of halogens is 2. The summed E-state index contributed by atoms with van der Waals surface area (Å²) in [6.45, 7) is 1.87. The number of piperidine rings is 1. The van der Waals surface area contributed by atoms with E-state index in [1.807, 2.05) is 12.1 Å². The van der Waals surface area contributed by atoms with Gasteiger partial charge in [0.05, 0.1) is 5.92 Å². The van der Waals surface area contributed by atoms with E-state index in [-0.39, 0.29) is 23.9 Å². The molecule has 0 saturated carbocycles. The number of guanidine groups is 1. The SMILES string of the molecule is CN=C(NCc1cc(F)ccc1F)NCc1cccnc1N1CCCC(C(N)=O)C1. The van der Waals surface area contributed by atoms with Crippen molar-refractivity contribution in [2.24, 2.45) is 16.6 Å². The largest absolute Gasteiger partial charge is 0.369 e. The highest BCUT2D eigenvalue weighted by Gasteiger charge is 2.26. The normalized spacial score (nSPS) is 17.0. The van der Waals surface area contributed by atoms with Crippen molar-refractivity contribution < 1.29 is 13.6 Å². The number of nitrogens with one attached hydrogen (secondary N) is 2. The third kappa shape index (κ3) is 5.43. The highest BCUT2D eigenvalue weighted by Crippen LogP contribution is 2.24. The maximum absolute atomic E-state index is 13.8. The summed E-state index contributed by atoms with van der Waals surface area (Å²) in [7, 11) is 1.60. The van der Waals surface area contributed by atoms with Gasteiger partial charge in [-0.1, -0.05) is 6.07 Å². The molecule has 1 amide bonds. The summed E-state index contributed by atoms with van der Waals surface area (Å²) in [4.78, 5) is 22.3. The van der Waals surface area contributed by atoms with E-state index in [4.69, 9.17) is 5.73 Å². The fraction of sp³-hybridized carbons (Fsp3) is 0.381. The Morgan fingerprint density at radius 2 is 2.03 bits per heavy atom. The Morgan fingerprint density at radius 3 is 2.77 bits per heavy atom. The number of hydrogen-bond acceptors (Lipinski definition) is 4. The topological polar surface area (TPSA) is 95.6 Å². The molecule has 30 heavy (non-hydrogen) atoms. The van der Waals surface area contributed by atoms with Crippen molar-refractivity contribution in [2.75, 3.05) is 25.0 Å². The van der Waals surface area contributed by atoms with Crippen molar-refractivity contribution >= 4 is 17.7 Å². The lowest BCUT2D eigenvalue weighted by molar-refractivity contribution is -0.122. The number of aromatic nitrogens is 1. The Kier molecular flexibility index (Phi) is 7.16. The minimum Gasteiger partial charge on any atom is -0.369 e. The molecule has 7 nitrogen and oxygen atoms in total. The van der Waals surface area contributed by atoms with E-state index in [2.05, 4.69) is 25.5 Å². The number of anilines is 1.